The van der Waals surface area contributed by atoms with E-state index in [0.29, 0.717) is 19.0 Å². The van der Waals surface area contributed by atoms with Gasteiger partial charge in [0.05, 0.1) is 12.6 Å². The van der Waals surface area contributed by atoms with Crippen LogP contribution in [0.25, 0.3) is 17.3 Å². The van der Waals surface area contributed by atoms with E-state index < -0.39 is 0 Å². The average Bonchev–Trinajstić information content (AvgIpc) is 3.25. The summed E-state index contributed by atoms with van der Waals surface area (Å²) in [5.74, 6) is 0.315. The molecule has 0 spiro atoms. The number of rotatable bonds is 9. The summed E-state index contributed by atoms with van der Waals surface area (Å²) in [5, 5.41) is 7.66. The zero-order valence-corrected chi connectivity index (χ0v) is 19.3. The Morgan fingerprint density at radius 1 is 1.09 bits per heavy atom. The number of amides is 1. The van der Waals surface area contributed by atoms with Gasteiger partial charge in [0, 0.05) is 54.1 Å². The molecule has 0 bridgehead atoms. The van der Waals surface area contributed by atoms with Gasteiger partial charge < -0.3 is 10.1 Å². The van der Waals surface area contributed by atoms with Crippen molar-refractivity contribution in [2.75, 3.05) is 0 Å². The number of benzene rings is 1. The molecule has 172 valence electrons. The number of hydrogen-bond donors (Lipinski definition) is 1. The molecule has 0 aliphatic rings. The lowest BCUT2D eigenvalue weighted by molar-refractivity contribution is -0.116. The van der Waals surface area contributed by atoms with Gasteiger partial charge in [-0.1, -0.05) is 36.4 Å². The van der Waals surface area contributed by atoms with Gasteiger partial charge in [-0.25, -0.2) is 4.98 Å². The molecule has 0 unspecified atom stereocenters. The van der Waals surface area contributed by atoms with Crippen LogP contribution in [0.5, 0.6) is 5.88 Å². The highest BCUT2D eigenvalue weighted by Gasteiger charge is 2.11. The SMILES string of the molecule is CC(C)Oc1ncccc1CNC(=O)/C=C/c1cn(Cc2ccccc2)nc1-c1cccnc1. The number of pyridine rings is 2. The van der Waals surface area contributed by atoms with E-state index in [1.807, 2.05) is 67.2 Å². The van der Waals surface area contributed by atoms with Crippen LogP contribution in [0.2, 0.25) is 0 Å². The van der Waals surface area contributed by atoms with Crippen molar-refractivity contribution in [1.29, 1.82) is 0 Å². The van der Waals surface area contributed by atoms with Gasteiger partial charge in [0.25, 0.3) is 0 Å². The van der Waals surface area contributed by atoms with Crippen molar-refractivity contribution in [1.82, 2.24) is 25.1 Å². The number of nitrogens with one attached hydrogen (secondary N) is 1. The van der Waals surface area contributed by atoms with E-state index in [2.05, 4.69) is 27.4 Å². The van der Waals surface area contributed by atoms with Crippen molar-refractivity contribution in [3.63, 3.8) is 0 Å². The molecule has 0 saturated carbocycles. The highest BCUT2D eigenvalue weighted by molar-refractivity contribution is 5.92. The van der Waals surface area contributed by atoms with Crippen LogP contribution in [0, 0.1) is 0 Å². The molecule has 3 heterocycles. The van der Waals surface area contributed by atoms with Gasteiger partial charge in [-0.05, 0) is 43.7 Å². The fourth-order valence-corrected chi connectivity index (χ4v) is 3.43. The van der Waals surface area contributed by atoms with Crippen molar-refractivity contribution < 1.29 is 9.53 Å². The van der Waals surface area contributed by atoms with Crippen LogP contribution in [0.1, 0.15) is 30.5 Å². The molecular formula is C27H27N5O2. The number of carbonyl (C=O) groups excluding carboxylic acids is 1. The van der Waals surface area contributed by atoms with E-state index in [1.54, 1.807) is 24.7 Å². The quantitative estimate of drug-likeness (QED) is 0.377. The summed E-state index contributed by atoms with van der Waals surface area (Å²) in [7, 11) is 0. The highest BCUT2D eigenvalue weighted by atomic mass is 16.5. The van der Waals surface area contributed by atoms with E-state index in [0.717, 1.165) is 27.9 Å². The lowest BCUT2D eigenvalue weighted by atomic mass is 10.1. The normalized spacial score (nSPS) is 11.1. The molecule has 7 nitrogen and oxygen atoms in total. The summed E-state index contributed by atoms with van der Waals surface area (Å²) in [6, 6.07) is 17.7. The maximum Gasteiger partial charge on any atom is 0.244 e. The van der Waals surface area contributed by atoms with E-state index in [-0.39, 0.29) is 12.0 Å². The fraction of sp³-hybridized carbons (Fsp3) is 0.185. The second-order valence-corrected chi connectivity index (χ2v) is 8.04. The summed E-state index contributed by atoms with van der Waals surface area (Å²) in [6.45, 7) is 4.84. The molecule has 0 aliphatic carbocycles. The predicted octanol–water partition coefficient (Wildman–Crippen LogP) is 4.51. The molecule has 1 N–H and O–H groups in total. The molecule has 1 amide bonds. The number of carbonyl (C=O) groups is 1. The minimum absolute atomic E-state index is 0.00238. The molecule has 0 radical (unpaired) electrons. The third-order valence-electron chi connectivity index (χ3n) is 4.98. The molecular weight excluding hydrogens is 426 g/mol. The van der Waals surface area contributed by atoms with Crippen molar-refractivity contribution in [3.05, 3.63) is 102 Å². The molecule has 34 heavy (non-hydrogen) atoms. The Kier molecular flexibility index (Phi) is 7.45. The lowest BCUT2D eigenvalue weighted by Crippen LogP contribution is -2.21. The summed E-state index contributed by atoms with van der Waals surface area (Å²) < 4.78 is 7.60. The number of aromatic nitrogens is 4. The first-order valence-electron chi connectivity index (χ1n) is 11.2. The Balaban J connectivity index is 1.50. The Labute approximate surface area is 199 Å². The van der Waals surface area contributed by atoms with Crippen molar-refractivity contribution in [2.45, 2.75) is 33.0 Å². The molecule has 4 aromatic rings. The van der Waals surface area contributed by atoms with Crippen LogP contribution in [-0.4, -0.2) is 31.8 Å². The fourth-order valence-electron chi connectivity index (χ4n) is 3.43. The predicted molar refractivity (Wildman–Crippen MR) is 132 cm³/mol. The molecule has 0 atom stereocenters. The standard InChI is InChI=1S/C27H27N5O2/c1-20(2)34-27-23(11-7-15-29-27)17-30-25(33)13-12-24-19-32(18-21-8-4-3-5-9-21)31-26(24)22-10-6-14-28-16-22/h3-16,19-20H,17-18H2,1-2H3,(H,30,33)/b13-12+. The molecule has 0 fully saturated rings. The monoisotopic (exact) mass is 453 g/mol. The zero-order valence-electron chi connectivity index (χ0n) is 19.3. The number of nitrogens with zero attached hydrogens (tertiary/aromatic N) is 4. The summed E-state index contributed by atoms with van der Waals surface area (Å²) in [5.41, 5.74) is 4.47. The average molecular weight is 454 g/mol. The largest absolute Gasteiger partial charge is 0.475 e. The van der Waals surface area contributed by atoms with Gasteiger partial charge in [0.2, 0.25) is 11.8 Å². The van der Waals surface area contributed by atoms with Crippen LogP contribution in [-0.2, 0) is 17.9 Å². The van der Waals surface area contributed by atoms with Gasteiger partial charge in [-0.15, -0.1) is 0 Å². The first kappa shape index (κ1) is 22.9. The maximum absolute atomic E-state index is 12.6. The number of ether oxygens (including phenoxy) is 1. The van der Waals surface area contributed by atoms with E-state index >= 15 is 0 Å². The maximum atomic E-state index is 12.6. The van der Waals surface area contributed by atoms with Gasteiger partial charge >= 0.3 is 0 Å². The smallest absolute Gasteiger partial charge is 0.244 e. The Morgan fingerprint density at radius 3 is 2.68 bits per heavy atom. The van der Waals surface area contributed by atoms with Crippen molar-refractivity contribution >= 4 is 12.0 Å². The molecule has 3 aromatic heterocycles. The van der Waals surface area contributed by atoms with Crippen LogP contribution in [0.3, 0.4) is 0 Å². The minimum atomic E-state index is -0.215. The minimum Gasteiger partial charge on any atom is -0.475 e. The van der Waals surface area contributed by atoms with Crippen LogP contribution >= 0.6 is 0 Å². The molecule has 4 rings (SSSR count). The van der Waals surface area contributed by atoms with Gasteiger partial charge in [-0.3, -0.25) is 14.5 Å². The summed E-state index contributed by atoms with van der Waals surface area (Å²) in [4.78, 5) is 21.0. The second kappa shape index (κ2) is 11.0. The van der Waals surface area contributed by atoms with E-state index in [1.165, 1.54) is 6.08 Å². The molecule has 7 heteroatoms. The van der Waals surface area contributed by atoms with Crippen molar-refractivity contribution in [3.8, 4) is 17.1 Å². The van der Waals surface area contributed by atoms with Gasteiger partial charge in [0.1, 0.15) is 5.69 Å². The van der Waals surface area contributed by atoms with Gasteiger partial charge in [-0.2, -0.15) is 5.10 Å². The molecule has 0 aliphatic heterocycles. The number of hydrogen-bond acceptors (Lipinski definition) is 5. The van der Waals surface area contributed by atoms with Gasteiger partial charge in [0.15, 0.2) is 0 Å². The summed E-state index contributed by atoms with van der Waals surface area (Å²) in [6.07, 6.45) is 10.4. The van der Waals surface area contributed by atoms with E-state index in [9.17, 15) is 4.79 Å². The van der Waals surface area contributed by atoms with E-state index in [4.69, 9.17) is 9.84 Å². The first-order chi connectivity index (χ1) is 16.6. The second-order valence-electron chi connectivity index (χ2n) is 8.04. The van der Waals surface area contributed by atoms with Crippen LogP contribution in [0.4, 0.5) is 0 Å². The zero-order chi connectivity index (χ0) is 23.8. The van der Waals surface area contributed by atoms with Crippen LogP contribution in [0.15, 0.2) is 85.5 Å². The van der Waals surface area contributed by atoms with Crippen LogP contribution < -0.4 is 10.1 Å². The highest BCUT2D eigenvalue weighted by Crippen LogP contribution is 2.23. The van der Waals surface area contributed by atoms with Crippen molar-refractivity contribution in [2.24, 2.45) is 0 Å². The molecule has 0 saturated heterocycles. The Hall–Kier alpha value is -4.26. The third kappa shape index (κ3) is 6.16. The topological polar surface area (TPSA) is 81.9 Å². The summed E-state index contributed by atoms with van der Waals surface area (Å²) >= 11 is 0. The Bertz CT molecular complexity index is 1250. The lowest BCUT2D eigenvalue weighted by Gasteiger charge is -2.12. The third-order valence-corrected chi connectivity index (χ3v) is 4.98. The molecule has 1 aromatic carbocycles. The Morgan fingerprint density at radius 2 is 1.91 bits per heavy atom. The first-order valence-corrected chi connectivity index (χ1v) is 11.2.